The molecule has 1 N–H and O–H groups in total. The Morgan fingerprint density at radius 1 is 0.810 bits per heavy atom. The Morgan fingerprint density at radius 3 is 1.95 bits per heavy atom. The summed E-state index contributed by atoms with van der Waals surface area (Å²) in [7, 11) is 0. The van der Waals surface area contributed by atoms with Crippen LogP contribution in [0.4, 0.5) is 5.69 Å². The molecule has 2 aromatic rings. The van der Waals surface area contributed by atoms with Crippen LogP contribution in [-0.2, 0) is 12.8 Å². The minimum atomic E-state index is 0.637. The number of anilines is 1. The van der Waals surface area contributed by atoms with Crippen LogP contribution >= 0.6 is 22.6 Å². The summed E-state index contributed by atoms with van der Waals surface area (Å²) < 4.78 is 1.30. The van der Waals surface area contributed by atoms with Gasteiger partial charge in [-0.1, -0.05) is 24.3 Å². The second kappa shape index (κ2) is 5.64. The van der Waals surface area contributed by atoms with Crippen LogP contribution in [0.5, 0.6) is 0 Å². The van der Waals surface area contributed by atoms with Gasteiger partial charge in [-0.05, 0) is 95.5 Å². The van der Waals surface area contributed by atoms with E-state index in [0.29, 0.717) is 6.04 Å². The zero-order chi connectivity index (χ0) is 14.2. The first-order chi connectivity index (χ1) is 10.3. The van der Waals surface area contributed by atoms with Crippen LogP contribution in [0, 0.1) is 15.4 Å². The molecule has 2 unspecified atom stereocenters. The van der Waals surface area contributed by atoms with Crippen LogP contribution < -0.4 is 5.32 Å². The van der Waals surface area contributed by atoms with Crippen LogP contribution in [-0.4, -0.2) is 6.04 Å². The van der Waals surface area contributed by atoms with Crippen molar-refractivity contribution in [2.45, 2.75) is 31.7 Å². The third kappa shape index (κ3) is 2.70. The third-order valence-electron chi connectivity index (χ3n) is 5.18. The van der Waals surface area contributed by atoms with Gasteiger partial charge < -0.3 is 5.32 Å². The molecule has 2 aromatic carbocycles. The van der Waals surface area contributed by atoms with E-state index in [1.165, 1.54) is 34.9 Å². The molecule has 1 nitrogen and oxygen atoms in total. The Kier molecular flexibility index (Phi) is 3.66. The molecule has 0 amide bonds. The van der Waals surface area contributed by atoms with Crippen LogP contribution in [0.3, 0.4) is 0 Å². The van der Waals surface area contributed by atoms with Gasteiger partial charge in [0, 0.05) is 15.3 Å². The number of halogens is 1. The van der Waals surface area contributed by atoms with E-state index in [1.807, 2.05) is 0 Å². The predicted molar refractivity (Wildman–Crippen MR) is 96.6 cm³/mol. The van der Waals surface area contributed by atoms with Crippen LogP contribution in [0.1, 0.15) is 24.0 Å². The summed E-state index contributed by atoms with van der Waals surface area (Å²) in [6.45, 7) is 0. The zero-order valence-electron chi connectivity index (χ0n) is 12.1. The second-order valence-corrected chi connectivity index (χ2v) is 7.70. The molecule has 0 aromatic heterocycles. The van der Waals surface area contributed by atoms with Crippen molar-refractivity contribution in [3.8, 4) is 0 Å². The Balaban J connectivity index is 1.59. The van der Waals surface area contributed by atoms with Gasteiger partial charge >= 0.3 is 0 Å². The summed E-state index contributed by atoms with van der Waals surface area (Å²) >= 11 is 2.37. The van der Waals surface area contributed by atoms with E-state index in [-0.39, 0.29) is 0 Å². The molecule has 108 valence electrons. The zero-order valence-corrected chi connectivity index (χ0v) is 14.2. The fourth-order valence-corrected chi connectivity index (χ4v) is 4.48. The van der Waals surface area contributed by atoms with Gasteiger partial charge in [0.1, 0.15) is 0 Å². The van der Waals surface area contributed by atoms with Crippen LogP contribution in [0.2, 0.25) is 0 Å². The van der Waals surface area contributed by atoms with Crippen molar-refractivity contribution < 1.29 is 0 Å². The molecule has 1 fully saturated rings. The van der Waals surface area contributed by atoms with Crippen LogP contribution in [0.15, 0.2) is 48.5 Å². The topological polar surface area (TPSA) is 12.0 Å². The standard InChI is InChI=1S/C19H20IN/c20-17-7-9-18(10-8-17)21-19-15-5-6-16(19)12-14-4-2-1-3-13(14)11-15/h1-4,7-10,15-16,19,21H,5-6,11-12H2. The molecule has 0 saturated heterocycles. The highest BCUT2D eigenvalue weighted by molar-refractivity contribution is 14.1. The van der Waals surface area contributed by atoms with Gasteiger partial charge in [-0.15, -0.1) is 0 Å². The van der Waals surface area contributed by atoms with Crippen molar-refractivity contribution >= 4 is 28.3 Å². The quantitative estimate of drug-likeness (QED) is 0.721. The monoisotopic (exact) mass is 389 g/mol. The van der Waals surface area contributed by atoms with E-state index in [9.17, 15) is 0 Å². The molecule has 0 spiro atoms. The summed E-state index contributed by atoms with van der Waals surface area (Å²) in [5.41, 5.74) is 4.45. The molecule has 0 aliphatic heterocycles. The molecule has 0 heterocycles. The molecule has 1 saturated carbocycles. The van der Waals surface area contributed by atoms with E-state index in [0.717, 1.165) is 11.8 Å². The van der Waals surface area contributed by atoms with Gasteiger partial charge in [0.05, 0.1) is 0 Å². The highest BCUT2D eigenvalue weighted by Crippen LogP contribution is 2.41. The summed E-state index contributed by atoms with van der Waals surface area (Å²) in [6, 6.07) is 18.5. The van der Waals surface area contributed by atoms with E-state index in [1.54, 1.807) is 11.1 Å². The fraction of sp³-hybridized carbons (Fsp3) is 0.368. The molecule has 21 heavy (non-hydrogen) atoms. The SMILES string of the molecule is Ic1ccc(NC2C3CCC2Cc2ccccc2C3)cc1. The smallest absolute Gasteiger partial charge is 0.0343 e. The molecule has 2 heteroatoms. The van der Waals surface area contributed by atoms with Crippen molar-refractivity contribution in [1.82, 2.24) is 0 Å². The molecular formula is C19H20IN. The van der Waals surface area contributed by atoms with E-state index in [2.05, 4.69) is 76.4 Å². The molecule has 4 rings (SSSR count). The Hall–Kier alpha value is -1.03. The second-order valence-electron chi connectivity index (χ2n) is 6.45. The first-order valence-corrected chi connectivity index (χ1v) is 8.96. The van der Waals surface area contributed by atoms with E-state index in [4.69, 9.17) is 0 Å². The summed E-state index contributed by atoms with van der Waals surface area (Å²) in [5.74, 6) is 1.58. The lowest BCUT2D eigenvalue weighted by Gasteiger charge is -2.25. The summed E-state index contributed by atoms with van der Waals surface area (Å²) in [5, 5.41) is 3.84. The largest absolute Gasteiger partial charge is 0.382 e. The summed E-state index contributed by atoms with van der Waals surface area (Å²) in [6.07, 6.45) is 5.24. The predicted octanol–water partition coefficient (Wildman–Crippen LogP) is 4.90. The minimum absolute atomic E-state index is 0.637. The van der Waals surface area contributed by atoms with Crippen LogP contribution in [0.25, 0.3) is 0 Å². The number of hydrogen-bond acceptors (Lipinski definition) is 1. The van der Waals surface area contributed by atoms with Gasteiger partial charge in [-0.3, -0.25) is 0 Å². The van der Waals surface area contributed by atoms with Gasteiger partial charge in [-0.2, -0.15) is 0 Å². The first-order valence-electron chi connectivity index (χ1n) is 7.88. The lowest BCUT2D eigenvalue weighted by Crippen LogP contribution is -2.30. The average molecular weight is 389 g/mol. The maximum Gasteiger partial charge on any atom is 0.0343 e. The minimum Gasteiger partial charge on any atom is -0.382 e. The number of fused-ring (bicyclic) bond motifs is 3. The van der Waals surface area contributed by atoms with Gasteiger partial charge in [0.2, 0.25) is 0 Å². The maximum absolute atomic E-state index is 3.84. The van der Waals surface area contributed by atoms with E-state index < -0.39 is 0 Å². The fourth-order valence-electron chi connectivity index (χ4n) is 4.13. The molecule has 0 radical (unpaired) electrons. The van der Waals surface area contributed by atoms with Crippen molar-refractivity contribution in [1.29, 1.82) is 0 Å². The molecule has 2 aliphatic rings. The lowest BCUT2D eigenvalue weighted by atomic mass is 9.94. The van der Waals surface area contributed by atoms with Crippen molar-refractivity contribution in [3.63, 3.8) is 0 Å². The van der Waals surface area contributed by atoms with Crippen molar-refractivity contribution in [2.75, 3.05) is 5.32 Å². The Morgan fingerprint density at radius 2 is 1.38 bits per heavy atom. The number of nitrogens with one attached hydrogen (secondary N) is 1. The normalized spacial score (nSPS) is 27.0. The van der Waals surface area contributed by atoms with Gasteiger partial charge in [0.25, 0.3) is 0 Å². The number of benzene rings is 2. The van der Waals surface area contributed by atoms with E-state index >= 15 is 0 Å². The first kappa shape index (κ1) is 13.6. The number of rotatable bonds is 2. The molecule has 2 atom stereocenters. The summed E-state index contributed by atoms with van der Waals surface area (Å²) in [4.78, 5) is 0. The molecular weight excluding hydrogens is 369 g/mol. The third-order valence-corrected chi connectivity index (χ3v) is 5.90. The van der Waals surface area contributed by atoms with Gasteiger partial charge in [-0.25, -0.2) is 0 Å². The average Bonchev–Trinajstić information content (AvgIpc) is 2.76. The van der Waals surface area contributed by atoms with Crippen molar-refractivity contribution in [2.24, 2.45) is 11.8 Å². The number of hydrogen-bond donors (Lipinski definition) is 1. The Labute approximate surface area is 140 Å². The van der Waals surface area contributed by atoms with Crippen molar-refractivity contribution in [3.05, 3.63) is 63.2 Å². The highest BCUT2D eigenvalue weighted by atomic mass is 127. The lowest BCUT2D eigenvalue weighted by molar-refractivity contribution is 0.450. The molecule has 2 aliphatic carbocycles. The maximum atomic E-state index is 3.84. The Bertz CT molecular complexity index is 601. The molecule has 2 bridgehead atoms. The highest BCUT2D eigenvalue weighted by Gasteiger charge is 2.38. The van der Waals surface area contributed by atoms with Gasteiger partial charge in [0.15, 0.2) is 0 Å².